The third kappa shape index (κ3) is 5.92. The molecule has 0 unspecified atom stereocenters. The van der Waals surface area contributed by atoms with Crippen molar-refractivity contribution in [2.45, 2.75) is 13.3 Å². The molecule has 4 rings (SSSR count). The highest BCUT2D eigenvalue weighted by atomic mass is 35.5. The van der Waals surface area contributed by atoms with Crippen molar-refractivity contribution in [3.63, 3.8) is 0 Å². The lowest BCUT2D eigenvalue weighted by atomic mass is 10.1. The summed E-state index contributed by atoms with van der Waals surface area (Å²) in [6.45, 7) is 2.21. The number of methoxy groups -OCH3 is 2. The molecular weight excluding hydrogens is 538 g/mol. The summed E-state index contributed by atoms with van der Waals surface area (Å²) in [7, 11) is 2.88. The molecule has 3 amide bonds. The number of hydrogen-bond donors (Lipinski definition) is 2. The van der Waals surface area contributed by atoms with E-state index >= 15 is 0 Å². The molecule has 3 aromatic rings. The molecule has 0 atom stereocenters. The first-order valence-electron chi connectivity index (χ1n) is 12.2. The Hall–Kier alpha value is -4.83. The summed E-state index contributed by atoms with van der Waals surface area (Å²) in [6, 6.07) is 17.4. The average Bonchev–Trinajstić information content (AvgIpc) is 3.18. The highest BCUT2D eigenvalue weighted by molar-refractivity contribution is 6.53. The van der Waals surface area contributed by atoms with E-state index in [9.17, 15) is 19.2 Å². The molecule has 0 fully saturated rings. The monoisotopic (exact) mass is 563 g/mol. The van der Waals surface area contributed by atoms with E-state index in [0.29, 0.717) is 41.3 Å². The number of carbonyl (C=O) groups excluding carboxylic acids is 4. The number of nitrogens with zero attached hydrogens (tertiary/aromatic N) is 1. The van der Waals surface area contributed by atoms with Gasteiger partial charge in [0.05, 0.1) is 32.1 Å². The quantitative estimate of drug-likeness (QED) is 0.262. The SMILES string of the molecule is CCCOC(=O)c1cccc(NC(=O)c2ccc(NC3=C(Cl)C(=O)N(c4cc(OC)ccc4OC)C3=O)cc2)c1. The van der Waals surface area contributed by atoms with Gasteiger partial charge >= 0.3 is 5.97 Å². The number of amides is 3. The average molecular weight is 564 g/mol. The fraction of sp³-hybridized carbons (Fsp3) is 0.172. The Morgan fingerprint density at radius 2 is 1.62 bits per heavy atom. The van der Waals surface area contributed by atoms with Gasteiger partial charge in [-0.15, -0.1) is 0 Å². The number of hydrogen-bond acceptors (Lipinski definition) is 8. The van der Waals surface area contributed by atoms with E-state index < -0.39 is 23.7 Å². The van der Waals surface area contributed by atoms with Crippen LogP contribution in [-0.4, -0.2) is 44.5 Å². The number of carbonyl (C=O) groups is 4. The minimum atomic E-state index is -0.725. The van der Waals surface area contributed by atoms with Gasteiger partial charge in [-0.05, 0) is 61.0 Å². The van der Waals surface area contributed by atoms with Crippen molar-refractivity contribution in [3.05, 3.63) is 88.6 Å². The molecule has 206 valence electrons. The lowest BCUT2D eigenvalue weighted by molar-refractivity contribution is -0.120. The Bertz CT molecular complexity index is 1500. The van der Waals surface area contributed by atoms with Crippen LogP contribution in [0.25, 0.3) is 0 Å². The second-order valence-electron chi connectivity index (χ2n) is 8.55. The van der Waals surface area contributed by atoms with Gasteiger partial charge in [0.25, 0.3) is 17.7 Å². The first-order valence-corrected chi connectivity index (χ1v) is 12.6. The van der Waals surface area contributed by atoms with Crippen molar-refractivity contribution in [2.75, 3.05) is 36.4 Å². The van der Waals surface area contributed by atoms with E-state index in [2.05, 4.69) is 10.6 Å². The van der Waals surface area contributed by atoms with Gasteiger partial charge in [-0.1, -0.05) is 24.6 Å². The zero-order valence-electron chi connectivity index (χ0n) is 21.9. The summed E-state index contributed by atoms with van der Waals surface area (Å²) in [5.74, 6) is -1.58. The molecule has 1 heterocycles. The molecule has 11 heteroatoms. The molecule has 0 aromatic heterocycles. The largest absolute Gasteiger partial charge is 0.497 e. The molecule has 10 nitrogen and oxygen atoms in total. The van der Waals surface area contributed by atoms with Gasteiger partial charge in [-0.3, -0.25) is 14.4 Å². The number of halogens is 1. The van der Waals surface area contributed by atoms with Crippen LogP contribution in [0.2, 0.25) is 0 Å². The molecule has 0 spiro atoms. The molecule has 3 aromatic carbocycles. The highest BCUT2D eigenvalue weighted by Gasteiger charge is 2.40. The summed E-state index contributed by atoms with van der Waals surface area (Å²) in [5.41, 5.74) is 1.56. The molecular formula is C29H26ClN3O7. The number of nitrogens with one attached hydrogen (secondary N) is 2. The second kappa shape index (κ2) is 12.4. The van der Waals surface area contributed by atoms with Crippen LogP contribution in [-0.2, 0) is 14.3 Å². The van der Waals surface area contributed by atoms with Gasteiger partial charge in [-0.2, -0.15) is 0 Å². The van der Waals surface area contributed by atoms with Gasteiger partial charge in [-0.25, -0.2) is 9.69 Å². The van der Waals surface area contributed by atoms with Crippen LogP contribution in [0.1, 0.15) is 34.1 Å². The third-order valence-corrected chi connectivity index (χ3v) is 6.21. The maximum absolute atomic E-state index is 13.2. The highest BCUT2D eigenvalue weighted by Crippen LogP contribution is 2.38. The van der Waals surface area contributed by atoms with Crippen molar-refractivity contribution in [1.29, 1.82) is 0 Å². The summed E-state index contributed by atoms with van der Waals surface area (Å²) in [4.78, 5) is 51.9. The Kier molecular flexibility index (Phi) is 8.70. The van der Waals surface area contributed by atoms with Gasteiger partial charge in [0.2, 0.25) is 0 Å². The Balaban J connectivity index is 1.46. The predicted molar refractivity (Wildman–Crippen MR) is 150 cm³/mol. The standard InChI is InChI=1S/C29H26ClN3O7/c1-4-14-40-29(37)18-6-5-7-20(15-18)32-26(34)17-8-10-19(11-9-17)31-25-24(30)27(35)33(28(25)36)22-16-21(38-2)12-13-23(22)39-3/h5-13,15-16,31H,4,14H2,1-3H3,(H,32,34). The maximum atomic E-state index is 13.2. The van der Waals surface area contributed by atoms with Crippen molar-refractivity contribution in [2.24, 2.45) is 0 Å². The summed E-state index contributed by atoms with van der Waals surface area (Å²) in [6.07, 6.45) is 0.705. The minimum Gasteiger partial charge on any atom is -0.497 e. The van der Waals surface area contributed by atoms with Crippen LogP contribution in [0.3, 0.4) is 0 Å². The summed E-state index contributed by atoms with van der Waals surface area (Å²) < 4.78 is 15.7. The van der Waals surface area contributed by atoms with Crippen LogP contribution in [0.4, 0.5) is 17.1 Å². The Morgan fingerprint density at radius 1 is 0.875 bits per heavy atom. The normalized spacial score (nSPS) is 12.8. The zero-order valence-corrected chi connectivity index (χ0v) is 22.7. The molecule has 0 bridgehead atoms. The van der Waals surface area contributed by atoms with Crippen molar-refractivity contribution in [1.82, 2.24) is 0 Å². The van der Waals surface area contributed by atoms with Crippen LogP contribution >= 0.6 is 11.6 Å². The van der Waals surface area contributed by atoms with Crippen molar-refractivity contribution >= 4 is 52.4 Å². The van der Waals surface area contributed by atoms with Gasteiger partial charge in [0, 0.05) is 23.0 Å². The molecule has 1 aliphatic heterocycles. The first kappa shape index (κ1) is 28.2. The van der Waals surface area contributed by atoms with Gasteiger partial charge < -0.3 is 24.8 Å². The van der Waals surface area contributed by atoms with Crippen LogP contribution in [0.5, 0.6) is 11.5 Å². The smallest absolute Gasteiger partial charge is 0.338 e. The summed E-state index contributed by atoms with van der Waals surface area (Å²) in [5, 5.41) is 5.31. The van der Waals surface area contributed by atoms with Crippen LogP contribution in [0.15, 0.2) is 77.5 Å². The van der Waals surface area contributed by atoms with Gasteiger partial charge in [0.15, 0.2) is 0 Å². The van der Waals surface area contributed by atoms with Crippen LogP contribution in [0, 0.1) is 0 Å². The van der Waals surface area contributed by atoms with Crippen molar-refractivity contribution < 1.29 is 33.4 Å². The Labute approximate surface area is 235 Å². The van der Waals surface area contributed by atoms with E-state index in [1.165, 1.54) is 38.5 Å². The second-order valence-corrected chi connectivity index (χ2v) is 8.92. The van der Waals surface area contributed by atoms with Crippen LogP contribution < -0.4 is 25.0 Å². The molecule has 2 N–H and O–H groups in total. The van der Waals surface area contributed by atoms with E-state index in [1.807, 2.05) is 6.92 Å². The van der Waals surface area contributed by atoms with E-state index in [-0.39, 0.29) is 22.2 Å². The van der Waals surface area contributed by atoms with E-state index in [0.717, 1.165) is 4.90 Å². The molecule has 1 aliphatic rings. The molecule has 0 saturated heterocycles. The lowest BCUT2D eigenvalue weighted by Gasteiger charge is -2.19. The first-order chi connectivity index (χ1) is 19.3. The number of ether oxygens (including phenoxy) is 3. The number of esters is 1. The number of rotatable bonds is 10. The fourth-order valence-corrected chi connectivity index (χ4v) is 4.07. The molecule has 0 aliphatic carbocycles. The molecule has 40 heavy (non-hydrogen) atoms. The van der Waals surface area contributed by atoms with E-state index in [1.54, 1.807) is 42.5 Å². The topological polar surface area (TPSA) is 123 Å². The minimum absolute atomic E-state index is 0.125. The van der Waals surface area contributed by atoms with E-state index in [4.69, 9.17) is 25.8 Å². The number of imide groups is 1. The lowest BCUT2D eigenvalue weighted by Crippen LogP contribution is -2.32. The Morgan fingerprint density at radius 3 is 2.30 bits per heavy atom. The van der Waals surface area contributed by atoms with Gasteiger partial charge in [0.1, 0.15) is 22.2 Å². The fourth-order valence-electron chi connectivity index (χ4n) is 3.86. The zero-order chi connectivity index (χ0) is 28.8. The number of benzene rings is 3. The molecule has 0 radical (unpaired) electrons. The number of anilines is 3. The summed E-state index contributed by atoms with van der Waals surface area (Å²) >= 11 is 6.26. The molecule has 0 saturated carbocycles. The predicted octanol–water partition coefficient (Wildman–Crippen LogP) is 4.96. The maximum Gasteiger partial charge on any atom is 0.338 e. The third-order valence-electron chi connectivity index (χ3n) is 5.86. The van der Waals surface area contributed by atoms with Crippen molar-refractivity contribution in [3.8, 4) is 11.5 Å².